The van der Waals surface area contributed by atoms with Gasteiger partial charge in [0.05, 0.1) is 33.3 Å². The molecule has 3 aromatic heterocycles. The van der Waals surface area contributed by atoms with Crippen LogP contribution in [0.4, 0.5) is 17.6 Å². The number of amides is 3. The van der Waals surface area contributed by atoms with Gasteiger partial charge in [0, 0.05) is 30.9 Å². The molecular weight excluding hydrogens is 582 g/mol. The van der Waals surface area contributed by atoms with Crippen LogP contribution < -0.4 is 5.32 Å². The summed E-state index contributed by atoms with van der Waals surface area (Å²) in [5, 5.41) is 3.10. The number of halogens is 4. The predicted molar refractivity (Wildman–Crippen MR) is 148 cm³/mol. The van der Waals surface area contributed by atoms with Crippen molar-refractivity contribution in [3.63, 3.8) is 0 Å². The molecule has 5 heterocycles. The predicted octanol–water partition coefficient (Wildman–Crippen LogP) is 4.45. The van der Waals surface area contributed by atoms with Gasteiger partial charge in [0.2, 0.25) is 11.8 Å². The minimum absolute atomic E-state index is 0.00661. The van der Waals surface area contributed by atoms with E-state index in [1.807, 2.05) is 0 Å². The van der Waals surface area contributed by atoms with Crippen molar-refractivity contribution in [2.24, 2.45) is 5.92 Å². The van der Waals surface area contributed by atoms with E-state index in [-0.39, 0.29) is 50.1 Å². The Morgan fingerprint density at radius 3 is 2.61 bits per heavy atom. The van der Waals surface area contributed by atoms with E-state index in [2.05, 4.69) is 27.9 Å². The third-order valence-electron chi connectivity index (χ3n) is 7.90. The average Bonchev–Trinajstić information content (AvgIpc) is 3.56. The fourth-order valence-electron chi connectivity index (χ4n) is 5.24. The second kappa shape index (κ2) is 10.3. The number of nitrogens with zero attached hydrogens (tertiary/aromatic N) is 4. The van der Waals surface area contributed by atoms with Gasteiger partial charge in [-0.1, -0.05) is 6.92 Å². The normalized spacial score (nSPS) is 23.3. The first-order valence-electron chi connectivity index (χ1n) is 12.9. The summed E-state index contributed by atoms with van der Waals surface area (Å²) in [4.78, 5) is 49.8. The van der Waals surface area contributed by atoms with Gasteiger partial charge in [-0.3, -0.25) is 24.3 Å². The second-order valence-electron chi connectivity index (χ2n) is 10.5. The van der Waals surface area contributed by atoms with Gasteiger partial charge in [0.25, 0.3) is 5.91 Å². The molecule has 3 unspecified atom stereocenters. The number of likely N-dealkylation sites (N-methyl/N-ethyl adjacent to an activating group) is 1. The lowest BCUT2D eigenvalue weighted by Gasteiger charge is -2.21. The maximum Gasteiger partial charge on any atom is 0.433 e. The Labute approximate surface area is 242 Å². The molecule has 1 N–H and O–H groups in total. The number of rotatable bonds is 5. The third-order valence-corrected chi connectivity index (χ3v) is 9.65. The lowest BCUT2D eigenvalue weighted by atomic mass is 9.98. The van der Waals surface area contributed by atoms with Crippen molar-refractivity contribution in [3.05, 3.63) is 45.8 Å². The molecule has 218 valence electrons. The van der Waals surface area contributed by atoms with Crippen molar-refractivity contribution in [3.8, 4) is 11.3 Å². The van der Waals surface area contributed by atoms with Crippen LogP contribution in [-0.4, -0.2) is 68.4 Å². The smallest absolute Gasteiger partial charge is 0.337 e. The van der Waals surface area contributed by atoms with Crippen LogP contribution in [0.1, 0.15) is 46.8 Å². The molecule has 41 heavy (non-hydrogen) atoms. The molecule has 2 aliphatic heterocycles. The van der Waals surface area contributed by atoms with Gasteiger partial charge in [-0.2, -0.15) is 25.8 Å². The van der Waals surface area contributed by atoms with Crippen molar-refractivity contribution in [1.82, 2.24) is 25.1 Å². The molecule has 3 atom stereocenters. The molecule has 0 saturated carbocycles. The van der Waals surface area contributed by atoms with Crippen molar-refractivity contribution < 1.29 is 31.9 Å². The van der Waals surface area contributed by atoms with Gasteiger partial charge in [-0.15, -0.1) is 11.3 Å². The fraction of sp³-hybridized carbons (Fsp3) is 0.444. The van der Waals surface area contributed by atoms with E-state index in [9.17, 15) is 27.6 Å². The number of thiophene rings is 1. The first kappa shape index (κ1) is 29.4. The maximum absolute atomic E-state index is 15.7. The number of imide groups is 1. The molecule has 0 radical (unpaired) electrons. The van der Waals surface area contributed by atoms with E-state index in [0.717, 1.165) is 22.3 Å². The van der Waals surface area contributed by atoms with Crippen molar-refractivity contribution >= 4 is 51.9 Å². The monoisotopic (exact) mass is 609 g/mol. The van der Waals surface area contributed by atoms with E-state index in [0.29, 0.717) is 19.5 Å². The number of fused-ring (bicyclic) bond motifs is 1. The van der Waals surface area contributed by atoms with Crippen LogP contribution in [0.15, 0.2) is 18.3 Å². The molecule has 14 heteroatoms. The number of hydrogen-bond donors (Lipinski definition) is 2. The molecule has 0 aliphatic carbocycles. The van der Waals surface area contributed by atoms with Gasteiger partial charge in [-0.05, 0) is 45.0 Å². The molecule has 0 spiro atoms. The zero-order valence-electron chi connectivity index (χ0n) is 22.6. The number of carbonyl (C=O) groups excluding carboxylic acids is 3. The van der Waals surface area contributed by atoms with E-state index in [4.69, 9.17) is 0 Å². The summed E-state index contributed by atoms with van der Waals surface area (Å²) in [6, 6.07) is 2.27. The van der Waals surface area contributed by atoms with Crippen LogP contribution in [0.25, 0.3) is 21.5 Å². The number of nitrogens with one attached hydrogen (secondary N) is 1. The van der Waals surface area contributed by atoms with Crippen LogP contribution >= 0.6 is 24.0 Å². The molecule has 3 aromatic rings. The molecule has 2 saturated heterocycles. The van der Waals surface area contributed by atoms with Crippen LogP contribution in [0.2, 0.25) is 0 Å². The number of likely N-dealkylation sites (tertiary alicyclic amines) is 2. The molecule has 8 nitrogen and oxygen atoms in total. The first-order chi connectivity index (χ1) is 19.2. The zero-order chi connectivity index (χ0) is 30.0. The largest absolute Gasteiger partial charge is 0.433 e. The van der Waals surface area contributed by atoms with Crippen molar-refractivity contribution in [2.45, 2.75) is 50.7 Å². The average molecular weight is 610 g/mol. The summed E-state index contributed by atoms with van der Waals surface area (Å²) in [7, 11) is 1.77. The lowest BCUT2D eigenvalue weighted by Crippen LogP contribution is -2.35. The maximum atomic E-state index is 15.7. The Hall–Kier alpha value is -3.10. The van der Waals surface area contributed by atoms with E-state index in [1.54, 1.807) is 18.9 Å². The van der Waals surface area contributed by atoms with Crippen molar-refractivity contribution in [2.75, 3.05) is 20.1 Å². The van der Waals surface area contributed by atoms with Crippen LogP contribution in [0.5, 0.6) is 0 Å². The highest BCUT2D eigenvalue weighted by atomic mass is 32.1. The second-order valence-corrected chi connectivity index (χ2v) is 12.6. The highest BCUT2D eigenvalue weighted by molar-refractivity contribution is 7.82. The highest BCUT2D eigenvalue weighted by Gasteiger charge is 2.52. The number of alkyl halides is 3. The summed E-state index contributed by atoms with van der Waals surface area (Å²) >= 11 is 5.18. The molecule has 5 rings (SSSR count). The van der Waals surface area contributed by atoms with E-state index in [1.165, 1.54) is 26.1 Å². The van der Waals surface area contributed by atoms with Gasteiger partial charge in [0.1, 0.15) is 16.0 Å². The molecular formula is C27H27F4N5O3S2. The first-order valence-corrected chi connectivity index (χ1v) is 14.1. The van der Waals surface area contributed by atoms with Gasteiger partial charge in [0.15, 0.2) is 5.82 Å². The number of aromatic nitrogens is 2. The van der Waals surface area contributed by atoms with E-state index < -0.39 is 46.1 Å². The van der Waals surface area contributed by atoms with Crippen LogP contribution in [-0.2, 0) is 22.3 Å². The quantitative estimate of drug-likeness (QED) is 0.252. The standard InChI is InChI=1S/C27H27F4N5O3S2/c1-12-9-17(27(29,30)31)34-20(18(12)24(38)35-8-6-14(10-35)32-4)15-5-7-33-21-19(28)16(41-22(15)21)11-36-23(37)13(2)26(3,40)25(36)39/h5,7,9,13-14,32,40H,6,8,10-11H2,1-4H3. The number of hydrogen-bond acceptors (Lipinski definition) is 8. The molecule has 2 aliphatic rings. The summed E-state index contributed by atoms with van der Waals surface area (Å²) in [6.07, 6.45) is -2.88. The fourth-order valence-corrected chi connectivity index (χ4v) is 6.61. The summed E-state index contributed by atoms with van der Waals surface area (Å²) in [6.45, 7) is 4.89. The topological polar surface area (TPSA) is 95.5 Å². The minimum atomic E-state index is -4.79. The van der Waals surface area contributed by atoms with Crippen molar-refractivity contribution in [1.29, 1.82) is 0 Å². The summed E-state index contributed by atoms with van der Waals surface area (Å²) < 4.78 is 56.1. The van der Waals surface area contributed by atoms with E-state index >= 15 is 4.39 Å². The Kier molecular flexibility index (Phi) is 7.40. The number of thiol groups is 1. The number of pyridine rings is 2. The Morgan fingerprint density at radius 1 is 1.32 bits per heavy atom. The highest BCUT2D eigenvalue weighted by Crippen LogP contribution is 2.42. The Morgan fingerprint density at radius 2 is 2.02 bits per heavy atom. The SMILES string of the molecule is CNC1CCN(C(=O)c2c(C)cc(C(F)(F)F)nc2-c2ccnc3c(F)c(CN4C(=O)C(C)C(C)(S)C4=O)sc23)C1. The van der Waals surface area contributed by atoms with Gasteiger partial charge < -0.3 is 10.2 Å². The Balaban J connectivity index is 1.65. The van der Waals surface area contributed by atoms with Crippen LogP contribution in [0.3, 0.4) is 0 Å². The zero-order valence-corrected chi connectivity index (χ0v) is 24.3. The van der Waals surface area contributed by atoms with Gasteiger partial charge in [-0.25, -0.2) is 9.37 Å². The molecule has 3 amide bonds. The summed E-state index contributed by atoms with van der Waals surface area (Å²) in [5.74, 6) is -3.10. The number of carbonyl (C=O) groups is 3. The molecule has 0 bridgehead atoms. The Bertz CT molecular complexity index is 1590. The summed E-state index contributed by atoms with van der Waals surface area (Å²) in [5.41, 5.74) is -1.41. The minimum Gasteiger partial charge on any atom is -0.337 e. The van der Waals surface area contributed by atoms with Gasteiger partial charge >= 0.3 is 6.18 Å². The van der Waals surface area contributed by atoms with Crippen LogP contribution in [0, 0.1) is 18.7 Å². The molecule has 0 aromatic carbocycles. The lowest BCUT2D eigenvalue weighted by molar-refractivity contribution is -0.141. The number of aryl methyl sites for hydroxylation is 1. The third kappa shape index (κ3) is 4.89. The molecule has 2 fully saturated rings.